The van der Waals surface area contributed by atoms with Crippen LogP contribution in [-0.4, -0.2) is 44.4 Å². The molecule has 1 aliphatic heterocycles. The quantitative estimate of drug-likeness (QED) is 0.641. The van der Waals surface area contributed by atoms with Gasteiger partial charge in [-0.3, -0.25) is 19.5 Å². The summed E-state index contributed by atoms with van der Waals surface area (Å²) in [6.07, 6.45) is 3.17. The van der Waals surface area contributed by atoms with E-state index >= 15 is 0 Å². The topological polar surface area (TPSA) is 121 Å². The number of hydrogen-bond donors (Lipinski definition) is 3. The van der Waals surface area contributed by atoms with Gasteiger partial charge < -0.3 is 16.2 Å². The highest BCUT2D eigenvalue weighted by molar-refractivity contribution is 5.99. The molecule has 168 valence electrons. The summed E-state index contributed by atoms with van der Waals surface area (Å²) < 4.78 is 0. The number of pyridine rings is 1. The third-order valence-electron chi connectivity index (χ3n) is 6.62. The smallest absolute Gasteiger partial charge is 0.251 e. The predicted molar refractivity (Wildman–Crippen MR) is 121 cm³/mol. The molecule has 2 amide bonds. The number of nitrogens with two attached hydrogens (primary N) is 1. The largest absolute Gasteiger partial charge is 0.390 e. The van der Waals surface area contributed by atoms with Crippen LogP contribution in [-0.2, 0) is 17.8 Å². The van der Waals surface area contributed by atoms with Crippen molar-refractivity contribution in [2.45, 2.75) is 63.8 Å². The van der Waals surface area contributed by atoms with Crippen molar-refractivity contribution in [1.29, 1.82) is 0 Å². The number of aliphatic hydroxyl groups excluding tert-OH is 1. The Morgan fingerprint density at radius 3 is 2.75 bits per heavy atom. The Kier molecular flexibility index (Phi) is 5.97. The van der Waals surface area contributed by atoms with Gasteiger partial charge in [-0.05, 0) is 36.1 Å². The first kappa shape index (κ1) is 22.0. The van der Waals surface area contributed by atoms with Crippen LogP contribution in [0.1, 0.15) is 66.3 Å². The first-order valence-electron chi connectivity index (χ1n) is 11.0. The predicted octanol–water partition coefficient (Wildman–Crippen LogP) is 2.08. The van der Waals surface area contributed by atoms with Gasteiger partial charge in [0.1, 0.15) is 0 Å². The first-order chi connectivity index (χ1) is 15.4. The van der Waals surface area contributed by atoms with E-state index < -0.39 is 17.7 Å². The standard InChI is InChI=1S/C24H29N5O3/c1-3-24(4-2)13-20(31)29(23(25)28-24)14-17-11-16(9-10-26-17)22(32)27-21-18-8-6-5-7-15(18)12-19(21)30/h5-11,19,21,30H,3-4,12-14H2,1-2H3,(H2,25,28)(H,27,32)/t19-,21-/m1/s1. The zero-order valence-electron chi connectivity index (χ0n) is 18.4. The Morgan fingerprint density at radius 2 is 2.03 bits per heavy atom. The third kappa shape index (κ3) is 4.10. The maximum atomic E-state index is 12.9. The van der Waals surface area contributed by atoms with Crippen LogP contribution in [0.5, 0.6) is 0 Å². The van der Waals surface area contributed by atoms with Crippen LogP contribution in [0.4, 0.5) is 0 Å². The Balaban J connectivity index is 1.50. The van der Waals surface area contributed by atoms with Crippen LogP contribution >= 0.6 is 0 Å². The van der Waals surface area contributed by atoms with Crippen LogP contribution in [0.25, 0.3) is 0 Å². The highest BCUT2D eigenvalue weighted by Gasteiger charge is 2.37. The van der Waals surface area contributed by atoms with Gasteiger partial charge in [-0.2, -0.15) is 0 Å². The SMILES string of the molecule is CCC1(CC)CC(=O)N(Cc2cc(C(=O)N[C@@H]3c4ccccc4C[C@H]3O)ccn2)C(N)=N1. The number of nitrogens with zero attached hydrogens (tertiary/aromatic N) is 3. The lowest BCUT2D eigenvalue weighted by Crippen LogP contribution is -2.50. The highest BCUT2D eigenvalue weighted by atomic mass is 16.3. The van der Waals surface area contributed by atoms with Gasteiger partial charge in [0.15, 0.2) is 5.96 Å². The summed E-state index contributed by atoms with van der Waals surface area (Å²) in [5, 5.41) is 13.3. The fourth-order valence-corrected chi connectivity index (χ4v) is 4.52. The lowest BCUT2D eigenvalue weighted by atomic mass is 9.88. The molecule has 2 heterocycles. The molecule has 0 spiro atoms. The van der Waals surface area contributed by atoms with E-state index in [2.05, 4.69) is 15.3 Å². The lowest BCUT2D eigenvalue weighted by Gasteiger charge is -2.36. The van der Waals surface area contributed by atoms with Crippen LogP contribution in [0.3, 0.4) is 0 Å². The van der Waals surface area contributed by atoms with E-state index in [4.69, 9.17) is 5.73 Å². The zero-order valence-corrected chi connectivity index (χ0v) is 18.4. The molecule has 1 aromatic heterocycles. The van der Waals surface area contributed by atoms with Crippen molar-refractivity contribution in [3.05, 3.63) is 65.0 Å². The van der Waals surface area contributed by atoms with Crippen molar-refractivity contribution in [2.24, 2.45) is 10.7 Å². The van der Waals surface area contributed by atoms with Gasteiger partial charge in [0.25, 0.3) is 5.91 Å². The summed E-state index contributed by atoms with van der Waals surface area (Å²) in [6.45, 7) is 4.16. The molecule has 32 heavy (non-hydrogen) atoms. The number of aromatic nitrogens is 1. The summed E-state index contributed by atoms with van der Waals surface area (Å²) in [5.74, 6) is -0.215. The molecule has 2 aromatic rings. The normalized spacial score (nSPS) is 21.8. The van der Waals surface area contributed by atoms with Gasteiger partial charge in [0.05, 0.1) is 36.3 Å². The van der Waals surface area contributed by atoms with Crippen LogP contribution in [0, 0.1) is 0 Å². The number of amides is 2. The molecule has 1 aromatic carbocycles. The molecular weight excluding hydrogens is 406 g/mol. The number of rotatable bonds is 6. The average Bonchev–Trinajstić information content (AvgIpc) is 3.11. The van der Waals surface area contributed by atoms with Gasteiger partial charge in [-0.25, -0.2) is 4.99 Å². The van der Waals surface area contributed by atoms with E-state index in [1.807, 2.05) is 38.1 Å². The third-order valence-corrected chi connectivity index (χ3v) is 6.62. The molecule has 0 unspecified atom stereocenters. The van der Waals surface area contributed by atoms with E-state index in [0.717, 1.165) is 24.0 Å². The summed E-state index contributed by atoms with van der Waals surface area (Å²) in [5.41, 5.74) is 8.60. The van der Waals surface area contributed by atoms with Gasteiger partial charge in [0, 0.05) is 18.2 Å². The van der Waals surface area contributed by atoms with Crippen molar-refractivity contribution in [3.63, 3.8) is 0 Å². The molecule has 0 fully saturated rings. The fourth-order valence-electron chi connectivity index (χ4n) is 4.52. The van der Waals surface area contributed by atoms with Crippen LogP contribution < -0.4 is 11.1 Å². The zero-order chi connectivity index (χ0) is 22.9. The van der Waals surface area contributed by atoms with Crippen molar-refractivity contribution in [3.8, 4) is 0 Å². The second kappa shape index (κ2) is 8.70. The molecular formula is C24H29N5O3. The Labute approximate surface area is 187 Å². The van der Waals surface area contributed by atoms with Gasteiger partial charge in [0.2, 0.25) is 5.91 Å². The van der Waals surface area contributed by atoms with E-state index in [-0.39, 0.29) is 24.3 Å². The fraction of sp³-hybridized carbons (Fsp3) is 0.417. The minimum atomic E-state index is -0.669. The molecule has 4 rings (SSSR count). The molecule has 0 saturated carbocycles. The van der Waals surface area contributed by atoms with Crippen LogP contribution in [0.2, 0.25) is 0 Å². The number of fused-ring (bicyclic) bond motifs is 1. The maximum Gasteiger partial charge on any atom is 0.251 e. The van der Waals surface area contributed by atoms with E-state index in [9.17, 15) is 14.7 Å². The number of carbonyl (C=O) groups excluding carboxylic acids is 2. The molecule has 2 aliphatic rings. The van der Waals surface area contributed by atoms with Gasteiger partial charge in [-0.15, -0.1) is 0 Å². The number of guanidine groups is 1. The van der Waals surface area contributed by atoms with Gasteiger partial charge >= 0.3 is 0 Å². The number of nitrogens with one attached hydrogen (secondary N) is 1. The molecule has 8 nitrogen and oxygen atoms in total. The summed E-state index contributed by atoms with van der Waals surface area (Å²) in [7, 11) is 0. The van der Waals surface area contributed by atoms with Crippen molar-refractivity contribution < 1.29 is 14.7 Å². The summed E-state index contributed by atoms with van der Waals surface area (Å²) in [4.78, 5) is 36.0. The molecule has 0 saturated heterocycles. The number of aliphatic imine (C=N–C) groups is 1. The first-order valence-corrected chi connectivity index (χ1v) is 11.0. The Bertz CT molecular complexity index is 1060. The highest BCUT2D eigenvalue weighted by Crippen LogP contribution is 2.32. The monoisotopic (exact) mass is 435 g/mol. The molecule has 0 bridgehead atoms. The van der Waals surface area contributed by atoms with E-state index in [0.29, 0.717) is 24.1 Å². The minimum absolute atomic E-state index is 0.0939. The molecule has 0 radical (unpaired) electrons. The second-order valence-corrected chi connectivity index (χ2v) is 8.52. The Morgan fingerprint density at radius 1 is 1.28 bits per heavy atom. The molecule has 4 N–H and O–H groups in total. The van der Waals surface area contributed by atoms with Gasteiger partial charge in [-0.1, -0.05) is 38.1 Å². The molecule has 1 aliphatic carbocycles. The molecule has 2 atom stereocenters. The number of benzene rings is 1. The van der Waals surface area contributed by atoms with E-state index in [1.54, 1.807) is 12.1 Å². The number of aliphatic hydroxyl groups is 1. The van der Waals surface area contributed by atoms with Crippen LogP contribution in [0.15, 0.2) is 47.6 Å². The summed E-state index contributed by atoms with van der Waals surface area (Å²) in [6, 6.07) is 10.5. The second-order valence-electron chi connectivity index (χ2n) is 8.52. The van der Waals surface area contributed by atoms with Crippen molar-refractivity contribution in [1.82, 2.24) is 15.2 Å². The maximum absolute atomic E-state index is 12.9. The summed E-state index contributed by atoms with van der Waals surface area (Å²) >= 11 is 0. The minimum Gasteiger partial charge on any atom is -0.390 e. The van der Waals surface area contributed by atoms with Crippen molar-refractivity contribution >= 4 is 17.8 Å². The average molecular weight is 436 g/mol. The number of hydrogen-bond acceptors (Lipinski definition) is 6. The number of carbonyl (C=O) groups is 2. The van der Waals surface area contributed by atoms with Crippen molar-refractivity contribution in [2.75, 3.05) is 0 Å². The van der Waals surface area contributed by atoms with E-state index in [1.165, 1.54) is 11.1 Å². The molecule has 8 heteroatoms. The Hall–Kier alpha value is -3.26. The lowest BCUT2D eigenvalue weighted by molar-refractivity contribution is -0.130.